The molecule has 2 aliphatic rings. The van der Waals surface area contributed by atoms with Crippen LogP contribution in [-0.4, -0.2) is 73.8 Å². The van der Waals surface area contributed by atoms with Gasteiger partial charge in [-0.2, -0.15) is 0 Å². The summed E-state index contributed by atoms with van der Waals surface area (Å²) in [6.07, 6.45) is 1.53. The smallest absolute Gasteiger partial charge is 0.253 e. The minimum absolute atomic E-state index is 0.0233. The van der Waals surface area contributed by atoms with E-state index in [0.717, 1.165) is 55.8 Å². The zero-order chi connectivity index (χ0) is 27.4. The van der Waals surface area contributed by atoms with Gasteiger partial charge in [-0.15, -0.1) is 0 Å². The van der Waals surface area contributed by atoms with Crippen LogP contribution in [0.5, 0.6) is 0 Å². The Balaban J connectivity index is 1.22. The molecule has 0 saturated carbocycles. The maximum Gasteiger partial charge on any atom is 0.253 e. The van der Waals surface area contributed by atoms with Crippen molar-refractivity contribution in [3.05, 3.63) is 83.9 Å². The third-order valence-corrected chi connectivity index (χ3v) is 7.67. The standard InChI is InChI=1S/C31H35N5O3/c1-34-15-17-35(18-16-34)28-9-3-6-25(20-28)31(39)36-14-4-7-26(21-36)30(38)33-27-8-2-5-24(19-27)22-10-12-23(13-11-22)29(32)37/h2-3,5-6,8-13,19-20,26H,4,7,14-18,21H2,1H3,(H2,32,37)(H,33,38)/t26-/m0/s1. The van der Waals surface area contributed by atoms with Crippen LogP contribution in [0.1, 0.15) is 33.6 Å². The van der Waals surface area contributed by atoms with E-state index in [2.05, 4.69) is 28.2 Å². The van der Waals surface area contributed by atoms with Crippen molar-refractivity contribution in [3.8, 4) is 11.1 Å². The maximum atomic E-state index is 13.4. The lowest BCUT2D eigenvalue weighted by molar-refractivity contribution is -0.121. The molecule has 0 radical (unpaired) electrons. The number of hydrogen-bond donors (Lipinski definition) is 2. The summed E-state index contributed by atoms with van der Waals surface area (Å²) in [5, 5.41) is 3.04. The summed E-state index contributed by atoms with van der Waals surface area (Å²) < 4.78 is 0. The molecule has 39 heavy (non-hydrogen) atoms. The molecule has 0 aromatic heterocycles. The highest BCUT2D eigenvalue weighted by Crippen LogP contribution is 2.26. The van der Waals surface area contributed by atoms with Crippen molar-refractivity contribution in [3.63, 3.8) is 0 Å². The summed E-state index contributed by atoms with van der Waals surface area (Å²) in [5.74, 6) is -0.850. The van der Waals surface area contributed by atoms with Crippen molar-refractivity contribution < 1.29 is 14.4 Å². The van der Waals surface area contributed by atoms with Crippen LogP contribution in [0.4, 0.5) is 11.4 Å². The first-order chi connectivity index (χ1) is 18.9. The Kier molecular flexibility index (Phi) is 7.93. The van der Waals surface area contributed by atoms with E-state index in [0.29, 0.717) is 29.9 Å². The number of hydrogen-bond acceptors (Lipinski definition) is 5. The van der Waals surface area contributed by atoms with Gasteiger partial charge in [0.2, 0.25) is 11.8 Å². The fourth-order valence-electron chi connectivity index (χ4n) is 5.31. The zero-order valence-electron chi connectivity index (χ0n) is 22.3. The van der Waals surface area contributed by atoms with Gasteiger partial charge in [-0.05, 0) is 73.5 Å². The van der Waals surface area contributed by atoms with Crippen LogP contribution in [0.3, 0.4) is 0 Å². The number of primary amides is 1. The number of nitrogens with zero attached hydrogens (tertiary/aromatic N) is 3. The summed E-state index contributed by atoms with van der Waals surface area (Å²) in [4.78, 5) is 44.4. The average Bonchev–Trinajstić information content (AvgIpc) is 2.97. The van der Waals surface area contributed by atoms with Crippen molar-refractivity contribution in [2.75, 3.05) is 56.5 Å². The summed E-state index contributed by atoms with van der Waals surface area (Å²) >= 11 is 0. The van der Waals surface area contributed by atoms with E-state index in [1.165, 1.54) is 0 Å². The van der Waals surface area contributed by atoms with Gasteiger partial charge in [-0.3, -0.25) is 14.4 Å². The maximum absolute atomic E-state index is 13.4. The number of carbonyl (C=O) groups excluding carboxylic acids is 3. The number of benzene rings is 3. The molecule has 0 spiro atoms. The molecule has 2 aliphatic heterocycles. The van der Waals surface area contributed by atoms with E-state index in [9.17, 15) is 14.4 Å². The van der Waals surface area contributed by atoms with Crippen LogP contribution >= 0.6 is 0 Å². The molecule has 3 aromatic rings. The summed E-state index contributed by atoms with van der Waals surface area (Å²) in [5.41, 5.74) is 10.1. The number of rotatable bonds is 6. The molecule has 3 amide bonds. The first-order valence-corrected chi connectivity index (χ1v) is 13.5. The molecule has 5 rings (SSSR count). The summed E-state index contributed by atoms with van der Waals surface area (Å²) in [6, 6.07) is 22.5. The van der Waals surface area contributed by atoms with Crippen LogP contribution < -0.4 is 16.0 Å². The molecular weight excluding hydrogens is 490 g/mol. The topological polar surface area (TPSA) is 99.0 Å². The number of anilines is 2. The summed E-state index contributed by atoms with van der Waals surface area (Å²) in [7, 11) is 2.13. The van der Waals surface area contributed by atoms with Crippen molar-refractivity contribution in [2.24, 2.45) is 11.7 Å². The normalized spacial score (nSPS) is 18.0. The second-order valence-electron chi connectivity index (χ2n) is 10.4. The Bertz CT molecular complexity index is 1350. The van der Waals surface area contributed by atoms with Gasteiger partial charge in [0.05, 0.1) is 5.92 Å². The second kappa shape index (κ2) is 11.7. The molecule has 0 unspecified atom stereocenters. The van der Waals surface area contributed by atoms with E-state index < -0.39 is 5.91 Å². The highest BCUT2D eigenvalue weighted by molar-refractivity contribution is 5.97. The van der Waals surface area contributed by atoms with E-state index in [-0.39, 0.29) is 17.7 Å². The number of piperidine rings is 1. The Morgan fingerprint density at radius 2 is 1.56 bits per heavy atom. The van der Waals surface area contributed by atoms with Crippen LogP contribution in [0.2, 0.25) is 0 Å². The second-order valence-corrected chi connectivity index (χ2v) is 10.4. The Morgan fingerprint density at radius 3 is 2.31 bits per heavy atom. The van der Waals surface area contributed by atoms with Gasteiger partial charge >= 0.3 is 0 Å². The zero-order valence-corrected chi connectivity index (χ0v) is 22.3. The molecule has 8 heteroatoms. The van der Waals surface area contributed by atoms with Crippen molar-refractivity contribution in [1.29, 1.82) is 0 Å². The molecule has 2 saturated heterocycles. The fourth-order valence-corrected chi connectivity index (χ4v) is 5.31. The molecule has 0 aliphatic carbocycles. The highest BCUT2D eigenvalue weighted by atomic mass is 16.2. The van der Waals surface area contributed by atoms with Crippen molar-refractivity contribution in [1.82, 2.24) is 9.80 Å². The first kappa shape index (κ1) is 26.4. The van der Waals surface area contributed by atoms with Crippen molar-refractivity contribution in [2.45, 2.75) is 12.8 Å². The lowest BCUT2D eigenvalue weighted by atomic mass is 9.96. The minimum Gasteiger partial charge on any atom is -0.369 e. The number of carbonyl (C=O) groups is 3. The van der Waals surface area contributed by atoms with Gasteiger partial charge in [0.25, 0.3) is 5.91 Å². The van der Waals surface area contributed by atoms with Gasteiger partial charge < -0.3 is 25.8 Å². The number of likely N-dealkylation sites (tertiary alicyclic amines) is 1. The lowest BCUT2D eigenvalue weighted by Gasteiger charge is -2.35. The number of nitrogens with one attached hydrogen (secondary N) is 1. The Morgan fingerprint density at radius 1 is 0.821 bits per heavy atom. The molecule has 8 nitrogen and oxygen atoms in total. The number of likely N-dealkylation sites (N-methyl/N-ethyl adjacent to an activating group) is 1. The Labute approximate surface area is 229 Å². The predicted octanol–water partition coefficient (Wildman–Crippen LogP) is 3.70. The van der Waals surface area contributed by atoms with E-state index in [1.807, 2.05) is 59.5 Å². The van der Waals surface area contributed by atoms with Crippen LogP contribution in [0, 0.1) is 5.92 Å². The molecular formula is C31H35N5O3. The monoisotopic (exact) mass is 525 g/mol. The highest BCUT2D eigenvalue weighted by Gasteiger charge is 2.29. The van der Waals surface area contributed by atoms with Crippen LogP contribution in [-0.2, 0) is 4.79 Å². The average molecular weight is 526 g/mol. The SMILES string of the molecule is CN1CCN(c2cccc(C(=O)N3CCC[C@H](C(=O)Nc4cccc(-c5ccc(C(N)=O)cc5)c4)C3)c2)CC1. The van der Waals surface area contributed by atoms with Gasteiger partial charge in [0.15, 0.2) is 0 Å². The molecule has 202 valence electrons. The van der Waals surface area contributed by atoms with Gasteiger partial charge in [0, 0.05) is 61.8 Å². The van der Waals surface area contributed by atoms with E-state index in [4.69, 9.17) is 5.73 Å². The van der Waals surface area contributed by atoms with Gasteiger partial charge in [-0.1, -0.05) is 30.3 Å². The van der Waals surface area contributed by atoms with Crippen LogP contribution in [0.25, 0.3) is 11.1 Å². The first-order valence-electron chi connectivity index (χ1n) is 13.5. The third-order valence-electron chi connectivity index (χ3n) is 7.67. The number of amides is 3. The minimum atomic E-state index is -0.467. The quantitative estimate of drug-likeness (QED) is 0.512. The molecule has 0 bridgehead atoms. The number of nitrogens with two attached hydrogens (primary N) is 1. The lowest BCUT2D eigenvalue weighted by Crippen LogP contribution is -2.45. The molecule has 3 N–H and O–H groups in total. The Hall–Kier alpha value is -4.17. The van der Waals surface area contributed by atoms with Crippen molar-refractivity contribution >= 4 is 29.1 Å². The third kappa shape index (κ3) is 6.29. The largest absolute Gasteiger partial charge is 0.369 e. The fraction of sp³-hybridized carbons (Fsp3) is 0.323. The van der Waals surface area contributed by atoms with Gasteiger partial charge in [-0.25, -0.2) is 0 Å². The summed E-state index contributed by atoms with van der Waals surface area (Å²) in [6.45, 7) is 4.95. The molecule has 1 atom stereocenters. The van der Waals surface area contributed by atoms with Gasteiger partial charge in [0.1, 0.15) is 0 Å². The number of piperazine rings is 1. The predicted molar refractivity (Wildman–Crippen MR) is 154 cm³/mol. The van der Waals surface area contributed by atoms with E-state index >= 15 is 0 Å². The van der Waals surface area contributed by atoms with E-state index in [1.54, 1.807) is 12.1 Å². The molecule has 3 aromatic carbocycles. The molecule has 2 fully saturated rings. The van der Waals surface area contributed by atoms with Crippen LogP contribution in [0.15, 0.2) is 72.8 Å². The molecule has 2 heterocycles.